The predicted molar refractivity (Wildman–Crippen MR) is 142 cm³/mol. The fraction of sp³-hybridized carbons (Fsp3) is 0.267. The maximum atomic E-state index is 11.9. The Bertz CT molecular complexity index is 1430. The number of aromatic nitrogens is 3. The quantitative estimate of drug-likeness (QED) is 0.193. The molecule has 0 amide bonds. The molecule has 2 heterocycles. The summed E-state index contributed by atoms with van der Waals surface area (Å²) in [6.45, 7) is 10.5. The van der Waals surface area contributed by atoms with Gasteiger partial charge in [0.1, 0.15) is 12.4 Å². The van der Waals surface area contributed by atoms with Gasteiger partial charge in [-0.25, -0.2) is 9.50 Å². The van der Waals surface area contributed by atoms with Gasteiger partial charge < -0.3 is 9.47 Å². The summed E-state index contributed by atoms with van der Waals surface area (Å²) in [5.74, 6) is 1.31. The van der Waals surface area contributed by atoms with Crippen LogP contribution in [-0.4, -0.2) is 27.2 Å². The van der Waals surface area contributed by atoms with E-state index in [9.17, 15) is 4.79 Å². The molecule has 0 unspecified atom stereocenters. The molecule has 0 N–H and O–H groups in total. The van der Waals surface area contributed by atoms with E-state index in [4.69, 9.17) is 19.7 Å². The standard InChI is InChI=1S/C30H30N4O3/c1-5-23(16-28(35)36-6-2)24-11-13-26(14-12-24)37-19-22-15-27(25-9-7-21(17-31)8-10-25)30-32-29(20(3)4)33-34(30)18-22/h5,7-15,18,20,23H,1,6,16,19H2,2-4H3/t23-/m0/s1. The minimum Gasteiger partial charge on any atom is -0.489 e. The highest BCUT2D eigenvalue weighted by atomic mass is 16.5. The highest BCUT2D eigenvalue weighted by Gasteiger charge is 2.16. The van der Waals surface area contributed by atoms with E-state index >= 15 is 0 Å². The Labute approximate surface area is 217 Å². The van der Waals surface area contributed by atoms with E-state index in [-0.39, 0.29) is 24.2 Å². The van der Waals surface area contributed by atoms with Crippen molar-refractivity contribution in [2.45, 2.75) is 45.6 Å². The molecule has 0 bridgehead atoms. The molecule has 0 fully saturated rings. The van der Waals surface area contributed by atoms with Crippen LogP contribution in [0.15, 0.2) is 73.4 Å². The molecule has 0 aliphatic rings. The minimum atomic E-state index is -0.241. The first-order valence-corrected chi connectivity index (χ1v) is 12.3. The molecule has 0 saturated heterocycles. The number of fused-ring (bicyclic) bond motifs is 1. The number of carbonyl (C=O) groups excluding carboxylic acids is 1. The van der Waals surface area contributed by atoms with Gasteiger partial charge in [0.25, 0.3) is 0 Å². The van der Waals surface area contributed by atoms with Gasteiger partial charge in [-0.3, -0.25) is 4.79 Å². The molecular formula is C30H30N4O3. The van der Waals surface area contributed by atoms with Crippen LogP contribution >= 0.6 is 0 Å². The Morgan fingerprint density at radius 1 is 1.16 bits per heavy atom. The molecule has 2 aromatic heterocycles. The van der Waals surface area contributed by atoms with Gasteiger partial charge in [-0.1, -0.05) is 44.2 Å². The highest BCUT2D eigenvalue weighted by Crippen LogP contribution is 2.28. The van der Waals surface area contributed by atoms with Crippen LogP contribution in [0.1, 0.15) is 61.5 Å². The Balaban J connectivity index is 1.56. The lowest BCUT2D eigenvalue weighted by atomic mass is 9.96. The molecule has 0 aliphatic carbocycles. The van der Waals surface area contributed by atoms with Crippen molar-refractivity contribution in [1.82, 2.24) is 14.6 Å². The molecule has 37 heavy (non-hydrogen) atoms. The number of nitrogens with zero attached hydrogens (tertiary/aromatic N) is 4. The fourth-order valence-electron chi connectivity index (χ4n) is 4.03. The average molecular weight is 495 g/mol. The highest BCUT2D eigenvalue weighted by molar-refractivity contribution is 5.78. The fourth-order valence-corrected chi connectivity index (χ4v) is 4.03. The van der Waals surface area contributed by atoms with E-state index in [0.29, 0.717) is 24.5 Å². The normalized spacial score (nSPS) is 11.8. The molecule has 0 radical (unpaired) electrons. The van der Waals surface area contributed by atoms with Gasteiger partial charge in [-0.05, 0) is 48.4 Å². The molecule has 0 saturated carbocycles. The first kappa shape index (κ1) is 25.6. The molecule has 4 rings (SSSR count). The second-order valence-corrected chi connectivity index (χ2v) is 9.05. The number of allylic oxidation sites excluding steroid dienone is 1. The number of hydrogen-bond acceptors (Lipinski definition) is 6. The van der Waals surface area contributed by atoms with E-state index in [1.807, 2.05) is 42.6 Å². The van der Waals surface area contributed by atoms with Crippen LogP contribution < -0.4 is 4.74 Å². The average Bonchev–Trinajstić information content (AvgIpc) is 3.35. The van der Waals surface area contributed by atoms with Crippen LogP contribution in [0, 0.1) is 11.3 Å². The zero-order valence-electron chi connectivity index (χ0n) is 21.3. The number of rotatable bonds is 10. The van der Waals surface area contributed by atoms with E-state index in [0.717, 1.165) is 33.7 Å². The maximum absolute atomic E-state index is 11.9. The number of esters is 1. The third-order valence-corrected chi connectivity index (χ3v) is 6.04. The lowest BCUT2D eigenvalue weighted by molar-refractivity contribution is -0.143. The molecule has 7 heteroatoms. The SMILES string of the molecule is C=C[C@@H](CC(=O)OCC)c1ccc(OCc2cc(-c3ccc(C#N)cc3)c3nc(C(C)C)nn3c2)cc1. The van der Waals surface area contributed by atoms with Crippen molar-refractivity contribution < 1.29 is 14.3 Å². The summed E-state index contributed by atoms with van der Waals surface area (Å²) >= 11 is 0. The third-order valence-electron chi connectivity index (χ3n) is 6.04. The number of hydrogen-bond donors (Lipinski definition) is 0. The molecule has 0 aliphatic heterocycles. The van der Waals surface area contributed by atoms with Gasteiger partial charge in [0, 0.05) is 29.2 Å². The van der Waals surface area contributed by atoms with Crippen LogP contribution in [0.25, 0.3) is 16.8 Å². The summed E-state index contributed by atoms with van der Waals surface area (Å²) in [7, 11) is 0. The van der Waals surface area contributed by atoms with Crippen LogP contribution in [0.3, 0.4) is 0 Å². The zero-order valence-corrected chi connectivity index (χ0v) is 21.3. The summed E-state index contributed by atoms with van der Waals surface area (Å²) in [4.78, 5) is 16.6. The summed E-state index contributed by atoms with van der Waals surface area (Å²) < 4.78 is 13.0. The van der Waals surface area contributed by atoms with Crippen molar-refractivity contribution in [2.24, 2.45) is 0 Å². The van der Waals surface area contributed by atoms with Gasteiger partial charge in [0.05, 0.1) is 24.7 Å². The van der Waals surface area contributed by atoms with Crippen LogP contribution in [0.5, 0.6) is 5.75 Å². The van der Waals surface area contributed by atoms with Crippen LogP contribution in [0.4, 0.5) is 0 Å². The van der Waals surface area contributed by atoms with Crippen molar-refractivity contribution in [3.05, 3.63) is 96.0 Å². The second kappa shape index (κ2) is 11.5. The summed E-state index contributed by atoms with van der Waals surface area (Å²) in [6.07, 6.45) is 3.95. The van der Waals surface area contributed by atoms with Crippen molar-refractivity contribution in [1.29, 1.82) is 5.26 Å². The van der Waals surface area contributed by atoms with Crippen LogP contribution in [0.2, 0.25) is 0 Å². The first-order chi connectivity index (χ1) is 17.9. The molecule has 1 atom stereocenters. The van der Waals surface area contributed by atoms with Gasteiger partial charge in [0.15, 0.2) is 11.5 Å². The summed E-state index contributed by atoms with van der Waals surface area (Å²) in [6, 6.07) is 19.3. The summed E-state index contributed by atoms with van der Waals surface area (Å²) in [5, 5.41) is 13.8. The molecular weight excluding hydrogens is 464 g/mol. The Kier molecular flexibility index (Phi) is 7.99. The van der Waals surface area contributed by atoms with Gasteiger partial charge in [-0.15, -0.1) is 6.58 Å². The van der Waals surface area contributed by atoms with E-state index < -0.39 is 0 Å². The number of benzene rings is 2. The number of pyridine rings is 1. The Morgan fingerprint density at radius 2 is 1.89 bits per heavy atom. The van der Waals surface area contributed by atoms with Crippen LogP contribution in [-0.2, 0) is 16.1 Å². The molecule has 188 valence electrons. The maximum Gasteiger partial charge on any atom is 0.306 e. The second-order valence-electron chi connectivity index (χ2n) is 9.05. The van der Waals surface area contributed by atoms with E-state index in [1.54, 1.807) is 29.6 Å². The zero-order chi connectivity index (χ0) is 26.4. The molecule has 7 nitrogen and oxygen atoms in total. The van der Waals surface area contributed by atoms with E-state index in [2.05, 4.69) is 37.7 Å². The van der Waals surface area contributed by atoms with E-state index in [1.165, 1.54) is 0 Å². The summed E-state index contributed by atoms with van der Waals surface area (Å²) in [5.41, 5.74) is 5.15. The van der Waals surface area contributed by atoms with Gasteiger partial charge in [0.2, 0.25) is 0 Å². The van der Waals surface area contributed by atoms with Crippen molar-refractivity contribution >= 4 is 11.6 Å². The number of ether oxygens (including phenoxy) is 2. The molecule has 2 aromatic carbocycles. The van der Waals surface area contributed by atoms with Gasteiger partial charge >= 0.3 is 5.97 Å². The Hall–Kier alpha value is -4.44. The third kappa shape index (κ3) is 6.04. The number of carbonyl (C=O) groups is 1. The van der Waals surface area contributed by atoms with Crippen molar-refractivity contribution in [3.63, 3.8) is 0 Å². The first-order valence-electron chi connectivity index (χ1n) is 12.3. The molecule has 4 aromatic rings. The van der Waals surface area contributed by atoms with Crippen molar-refractivity contribution in [2.75, 3.05) is 6.61 Å². The monoisotopic (exact) mass is 494 g/mol. The Morgan fingerprint density at radius 3 is 2.51 bits per heavy atom. The minimum absolute atomic E-state index is 0.118. The smallest absolute Gasteiger partial charge is 0.306 e. The topological polar surface area (TPSA) is 89.5 Å². The predicted octanol–water partition coefficient (Wildman–Crippen LogP) is 6.19. The van der Waals surface area contributed by atoms with Gasteiger partial charge in [-0.2, -0.15) is 10.4 Å². The van der Waals surface area contributed by atoms with Crippen molar-refractivity contribution in [3.8, 4) is 22.9 Å². The lowest BCUT2D eigenvalue weighted by Crippen LogP contribution is -2.09. The lowest BCUT2D eigenvalue weighted by Gasteiger charge is -2.13. The largest absolute Gasteiger partial charge is 0.489 e. The number of nitriles is 1. The molecule has 0 spiro atoms.